The molecule has 0 saturated carbocycles. The number of hydrogen-bond donors (Lipinski definition) is 1. The van der Waals surface area contributed by atoms with Crippen molar-refractivity contribution in [3.63, 3.8) is 0 Å². The first-order chi connectivity index (χ1) is 9.17. The van der Waals surface area contributed by atoms with E-state index in [9.17, 15) is 0 Å². The van der Waals surface area contributed by atoms with Gasteiger partial charge in [0.2, 0.25) is 0 Å². The van der Waals surface area contributed by atoms with Gasteiger partial charge in [-0.15, -0.1) is 0 Å². The van der Waals surface area contributed by atoms with Gasteiger partial charge in [0.15, 0.2) is 0 Å². The van der Waals surface area contributed by atoms with Crippen molar-refractivity contribution in [2.24, 2.45) is 0 Å². The number of benzene rings is 1. The summed E-state index contributed by atoms with van der Waals surface area (Å²) in [6, 6.07) is 6.48. The fourth-order valence-electron chi connectivity index (χ4n) is 2.40. The van der Waals surface area contributed by atoms with E-state index in [1.165, 1.54) is 11.1 Å². The van der Waals surface area contributed by atoms with Crippen LogP contribution < -0.4 is 10.1 Å². The van der Waals surface area contributed by atoms with Crippen LogP contribution in [0, 0.1) is 6.92 Å². The second kappa shape index (κ2) is 8.18. The van der Waals surface area contributed by atoms with Crippen LogP contribution in [0.5, 0.6) is 5.75 Å². The van der Waals surface area contributed by atoms with E-state index in [4.69, 9.17) is 9.47 Å². The molecular formula is C16H27NO2. The summed E-state index contributed by atoms with van der Waals surface area (Å²) in [6.07, 6.45) is 2.30. The maximum absolute atomic E-state index is 5.63. The first kappa shape index (κ1) is 16.0. The lowest BCUT2D eigenvalue weighted by Crippen LogP contribution is -2.34. The highest BCUT2D eigenvalue weighted by molar-refractivity contribution is 5.37. The Kier molecular flexibility index (Phi) is 6.89. The molecule has 1 N–H and O–H groups in total. The van der Waals surface area contributed by atoms with Crippen LogP contribution in [0.3, 0.4) is 0 Å². The number of nitrogens with one attached hydrogen (secondary N) is 1. The predicted molar refractivity (Wildman–Crippen MR) is 79.9 cm³/mol. The van der Waals surface area contributed by atoms with Crippen molar-refractivity contribution in [2.45, 2.75) is 45.8 Å². The zero-order valence-electron chi connectivity index (χ0n) is 12.8. The van der Waals surface area contributed by atoms with Crippen molar-refractivity contribution >= 4 is 0 Å². The van der Waals surface area contributed by atoms with Crippen molar-refractivity contribution < 1.29 is 9.47 Å². The van der Waals surface area contributed by atoms with E-state index in [1.807, 2.05) is 6.07 Å². The van der Waals surface area contributed by atoms with Crippen LogP contribution >= 0.6 is 0 Å². The second-order valence-electron chi connectivity index (χ2n) is 4.84. The summed E-state index contributed by atoms with van der Waals surface area (Å²) in [7, 11) is 3.49. The Labute approximate surface area is 117 Å². The van der Waals surface area contributed by atoms with Gasteiger partial charge in [-0.3, -0.25) is 0 Å². The molecule has 0 aliphatic rings. The molecule has 0 aromatic heterocycles. The summed E-state index contributed by atoms with van der Waals surface area (Å²) in [6.45, 7) is 7.46. The van der Waals surface area contributed by atoms with E-state index in [0.717, 1.165) is 25.1 Å². The lowest BCUT2D eigenvalue weighted by molar-refractivity contribution is 0.0649. The van der Waals surface area contributed by atoms with Crippen molar-refractivity contribution in [3.8, 4) is 5.75 Å². The minimum atomic E-state index is 0.193. The number of ether oxygens (including phenoxy) is 2. The van der Waals surface area contributed by atoms with Gasteiger partial charge in [0, 0.05) is 7.11 Å². The Morgan fingerprint density at radius 3 is 2.42 bits per heavy atom. The normalized spacial score (nSPS) is 14.2. The molecule has 0 heterocycles. The summed E-state index contributed by atoms with van der Waals surface area (Å²) in [5.74, 6) is 0.904. The fourth-order valence-corrected chi connectivity index (χ4v) is 2.40. The van der Waals surface area contributed by atoms with Gasteiger partial charge in [-0.25, -0.2) is 0 Å². The molecule has 0 saturated heterocycles. The Balaban J connectivity index is 3.01. The van der Waals surface area contributed by atoms with Gasteiger partial charge in [0.25, 0.3) is 0 Å². The number of rotatable bonds is 8. The zero-order valence-corrected chi connectivity index (χ0v) is 12.8. The van der Waals surface area contributed by atoms with Crippen LogP contribution in [0.15, 0.2) is 18.2 Å². The molecule has 19 heavy (non-hydrogen) atoms. The second-order valence-corrected chi connectivity index (χ2v) is 4.84. The highest BCUT2D eigenvalue weighted by atomic mass is 16.5. The average molecular weight is 265 g/mol. The Bertz CT molecular complexity index is 375. The highest BCUT2D eigenvalue weighted by Crippen LogP contribution is 2.27. The first-order valence-electron chi connectivity index (χ1n) is 7.08. The quantitative estimate of drug-likeness (QED) is 0.780. The third-order valence-corrected chi connectivity index (χ3v) is 3.50. The van der Waals surface area contributed by atoms with Gasteiger partial charge in [-0.05, 0) is 49.6 Å². The molecule has 3 nitrogen and oxygen atoms in total. The Hall–Kier alpha value is -1.06. The van der Waals surface area contributed by atoms with Gasteiger partial charge in [-0.1, -0.05) is 19.9 Å². The summed E-state index contributed by atoms with van der Waals surface area (Å²) in [5, 5.41) is 3.60. The van der Waals surface area contributed by atoms with Crippen molar-refractivity contribution in [2.75, 3.05) is 20.8 Å². The maximum Gasteiger partial charge on any atom is 0.119 e. The number of hydrogen-bond acceptors (Lipinski definition) is 3. The minimum Gasteiger partial charge on any atom is -0.497 e. The molecular weight excluding hydrogens is 238 g/mol. The highest BCUT2D eigenvalue weighted by Gasteiger charge is 2.22. The summed E-state index contributed by atoms with van der Waals surface area (Å²) < 4.78 is 10.9. The van der Waals surface area contributed by atoms with Crippen LogP contribution in [0.2, 0.25) is 0 Å². The lowest BCUT2D eigenvalue weighted by atomic mass is 9.95. The fraction of sp³-hybridized carbons (Fsp3) is 0.625. The lowest BCUT2D eigenvalue weighted by Gasteiger charge is -2.28. The van der Waals surface area contributed by atoms with Crippen LogP contribution in [-0.2, 0) is 4.74 Å². The summed E-state index contributed by atoms with van der Waals surface area (Å²) in [5.41, 5.74) is 2.53. The smallest absolute Gasteiger partial charge is 0.119 e. The molecule has 0 fully saturated rings. The molecule has 2 atom stereocenters. The zero-order chi connectivity index (χ0) is 14.3. The Morgan fingerprint density at radius 2 is 1.95 bits per heavy atom. The monoisotopic (exact) mass is 265 g/mol. The standard InChI is InChI=1S/C16H27NO2/c1-6-10-17-16(15(7-2)19-5)14-9-8-13(18-4)11-12(14)3/h8-9,11,15-17H,6-7,10H2,1-5H3. The van der Waals surface area contributed by atoms with E-state index in [1.54, 1.807) is 14.2 Å². The van der Waals surface area contributed by atoms with Gasteiger partial charge in [0.1, 0.15) is 5.75 Å². The predicted octanol–water partition coefficient (Wildman–Crippen LogP) is 3.47. The van der Waals surface area contributed by atoms with E-state index in [0.29, 0.717) is 0 Å². The summed E-state index contributed by atoms with van der Waals surface area (Å²) >= 11 is 0. The van der Waals surface area contributed by atoms with Gasteiger partial charge in [-0.2, -0.15) is 0 Å². The van der Waals surface area contributed by atoms with Gasteiger partial charge < -0.3 is 14.8 Å². The third kappa shape index (κ3) is 4.22. The molecule has 2 unspecified atom stereocenters. The van der Waals surface area contributed by atoms with Crippen LogP contribution in [0.1, 0.15) is 43.9 Å². The van der Waals surface area contributed by atoms with Crippen LogP contribution in [-0.4, -0.2) is 26.9 Å². The molecule has 3 heteroatoms. The molecule has 0 bridgehead atoms. The minimum absolute atomic E-state index is 0.193. The largest absolute Gasteiger partial charge is 0.497 e. The van der Waals surface area contributed by atoms with Crippen molar-refractivity contribution in [3.05, 3.63) is 29.3 Å². The molecule has 0 spiro atoms. The van der Waals surface area contributed by atoms with Crippen LogP contribution in [0.4, 0.5) is 0 Å². The third-order valence-electron chi connectivity index (χ3n) is 3.50. The number of aryl methyl sites for hydroxylation is 1. The van der Waals surface area contributed by atoms with Crippen molar-refractivity contribution in [1.29, 1.82) is 0 Å². The van der Waals surface area contributed by atoms with E-state index < -0.39 is 0 Å². The van der Waals surface area contributed by atoms with Crippen LogP contribution in [0.25, 0.3) is 0 Å². The first-order valence-corrected chi connectivity index (χ1v) is 7.08. The summed E-state index contributed by atoms with van der Waals surface area (Å²) in [4.78, 5) is 0. The topological polar surface area (TPSA) is 30.5 Å². The van der Waals surface area contributed by atoms with E-state index >= 15 is 0 Å². The van der Waals surface area contributed by atoms with Gasteiger partial charge in [0.05, 0.1) is 19.3 Å². The molecule has 1 aromatic rings. The Morgan fingerprint density at radius 1 is 1.21 bits per heavy atom. The molecule has 108 valence electrons. The molecule has 0 aliphatic heterocycles. The maximum atomic E-state index is 5.63. The molecule has 1 rings (SSSR count). The average Bonchev–Trinajstić information content (AvgIpc) is 2.44. The molecule has 0 radical (unpaired) electrons. The number of methoxy groups -OCH3 is 2. The molecule has 0 amide bonds. The van der Waals surface area contributed by atoms with Crippen molar-refractivity contribution in [1.82, 2.24) is 5.32 Å². The van der Waals surface area contributed by atoms with Gasteiger partial charge >= 0.3 is 0 Å². The molecule has 1 aromatic carbocycles. The van der Waals surface area contributed by atoms with E-state index in [2.05, 4.69) is 38.2 Å². The SMILES string of the molecule is CCCNC(c1ccc(OC)cc1C)C(CC)OC. The van der Waals surface area contributed by atoms with E-state index in [-0.39, 0.29) is 12.1 Å². The molecule has 0 aliphatic carbocycles.